The third-order valence-corrected chi connectivity index (χ3v) is 4.55. The Balaban J connectivity index is 0.000000321. The SMILES string of the molecule is F[P-](F)(F)(F)(F)F.Oc1ccc(C[SH+]Cc2cccc3ccccc23)cc1. The zero-order chi connectivity index (χ0) is 20.2. The van der Waals surface area contributed by atoms with Gasteiger partial charge in [0.05, 0.1) is 0 Å². The van der Waals surface area contributed by atoms with E-state index in [0.29, 0.717) is 5.75 Å². The van der Waals surface area contributed by atoms with Crippen LogP contribution in [-0.4, -0.2) is 5.11 Å². The number of hydrogen-bond donors (Lipinski definition) is 1. The van der Waals surface area contributed by atoms with Crippen molar-refractivity contribution in [1.82, 2.24) is 0 Å². The molecule has 1 nitrogen and oxygen atoms in total. The van der Waals surface area contributed by atoms with Crippen LogP contribution >= 0.6 is 7.81 Å². The summed E-state index contributed by atoms with van der Waals surface area (Å²) >= 11 is 1.38. The smallest absolute Gasteiger partial charge is 0.131 e. The summed E-state index contributed by atoms with van der Waals surface area (Å²) in [5.41, 5.74) is 2.67. The Morgan fingerprint density at radius 1 is 0.704 bits per heavy atom. The van der Waals surface area contributed by atoms with Crippen molar-refractivity contribution >= 4 is 30.3 Å². The minimum atomic E-state index is -10.7. The minimum Gasteiger partial charge on any atom is -0.508 e. The van der Waals surface area contributed by atoms with Crippen LogP contribution in [0.1, 0.15) is 11.1 Å². The summed E-state index contributed by atoms with van der Waals surface area (Å²) < 4.78 is 59.2. The van der Waals surface area contributed by atoms with Crippen molar-refractivity contribution < 1.29 is 30.3 Å². The first-order valence-electron chi connectivity index (χ1n) is 7.72. The van der Waals surface area contributed by atoms with E-state index in [9.17, 15) is 30.3 Å². The number of hydrogen-bond acceptors (Lipinski definition) is 1. The monoisotopic (exact) mass is 426 g/mol. The van der Waals surface area contributed by atoms with Gasteiger partial charge in [0, 0.05) is 11.1 Å². The second kappa shape index (κ2) is 7.24. The van der Waals surface area contributed by atoms with Gasteiger partial charge in [0.25, 0.3) is 0 Å². The zero-order valence-corrected chi connectivity index (χ0v) is 15.7. The van der Waals surface area contributed by atoms with Crippen molar-refractivity contribution in [3.63, 3.8) is 0 Å². The summed E-state index contributed by atoms with van der Waals surface area (Å²) in [4.78, 5) is 0. The van der Waals surface area contributed by atoms with E-state index in [-0.39, 0.29) is 0 Å². The van der Waals surface area contributed by atoms with Gasteiger partial charge < -0.3 is 5.11 Å². The number of aromatic hydroxyl groups is 1. The van der Waals surface area contributed by atoms with Gasteiger partial charge in [0.2, 0.25) is 0 Å². The van der Waals surface area contributed by atoms with Crippen LogP contribution in [0, 0.1) is 0 Å². The van der Waals surface area contributed by atoms with Crippen LogP contribution in [0.15, 0.2) is 66.7 Å². The van der Waals surface area contributed by atoms with Crippen LogP contribution < -0.4 is 0 Å². The Kier molecular flexibility index (Phi) is 5.74. The molecule has 0 aromatic heterocycles. The maximum Gasteiger partial charge on any atom is 0.131 e. The molecule has 0 amide bonds. The van der Waals surface area contributed by atoms with E-state index in [4.69, 9.17) is 0 Å². The Hall–Kier alpha value is -1.92. The van der Waals surface area contributed by atoms with Gasteiger partial charge in [-0.05, 0) is 34.7 Å². The molecule has 148 valence electrons. The van der Waals surface area contributed by atoms with E-state index in [1.165, 1.54) is 33.7 Å². The van der Waals surface area contributed by atoms with E-state index in [0.717, 1.165) is 11.5 Å². The van der Waals surface area contributed by atoms with Crippen LogP contribution in [0.5, 0.6) is 5.75 Å². The number of halogens is 6. The Morgan fingerprint density at radius 2 is 1.26 bits per heavy atom. The molecule has 9 heteroatoms. The van der Waals surface area contributed by atoms with Gasteiger partial charge in [-0.3, -0.25) is 0 Å². The van der Waals surface area contributed by atoms with Gasteiger partial charge >= 0.3 is 33.0 Å². The molecular formula is C18H17F6OPS. The van der Waals surface area contributed by atoms with Crippen molar-refractivity contribution in [2.45, 2.75) is 11.5 Å². The number of phenolic OH excluding ortho intramolecular Hbond substituents is 1. The number of fused-ring (bicyclic) bond motifs is 1. The van der Waals surface area contributed by atoms with Crippen molar-refractivity contribution in [3.05, 3.63) is 77.9 Å². The van der Waals surface area contributed by atoms with Crippen LogP contribution in [0.25, 0.3) is 10.8 Å². The van der Waals surface area contributed by atoms with E-state index in [1.807, 2.05) is 12.1 Å². The van der Waals surface area contributed by atoms with Crippen LogP contribution in [0.4, 0.5) is 25.2 Å². The van der Waals surface area contributed by atoms with Gasteiger partial charge in [0.1, 0.15) is 17.3 Å². The van der Waals surface area contributed by atoms with E-state index in [2.05, 4.69) is 42.5 Å². The molecule has 0 unspecified atom stereocenters. The van der Waals surface area contributed by atoms with Crippen molar-refractivity contribution in [2.75, 3.05) is 0 Å². The van der Waals surface area contributed by atoms with Gasteiger partial charge in [-0.15, -0.1) is 0 Å². The molecule has 3 aromatic rings. The molecule has 0 bridgehead atoms. The summed E-state index contributed by atoms with van der Waals surface area (Å²) in [6, 6.07) is 22.5. The molecule has 3 aromatic carbocycles. The predicted octanol–water partition coefficient (Wildman–Crippen LogP) is 7.44. The Morgan fingerprint density at radius 3 is 1.89 bits per heavy atom. The molecular weight excluding hydrogens is 409 g/mol. The molecule has 0 aliphatic heterocycles. The molecule has 0 spiro atoms. The van der Waals surface area contributed by atoms with E-state index >= 15 is 0 Å². The van der Waals surface area contributed by atoms with Crippen molar-refractivity contribution in [1.29, 1.82) is 0 Å². The first-order chi connectivity index (χ1) is 12.3. The molecule has 0 heterocycles. The summed E-state index contributed by atoms with van der Waals surface area (Å²) in [7, 11) is -10.7. The number of phenols is 1. The van der Waals surface area contributed by atoms with Gasteiger partial charge in [-0.2, -0.15) is 0 Å². The fourth-order valence-corrected chi connectivity index (χ4v) is 3.43. The first kappa shape index (κ1) is 21.4. The molecule has 0 fully saturated rings. The number of thiol groups is 1. The van der Waals surface area contributed by atoms with Gasteiger partial charge in [-0.1, -0.05) is 54.6 Å². The third-order valence-electron chi connectivity index (χ3n) is 3.39. The number of rotatable bonds is 4. The molecule has 0 aliphatic rings. The first-order valence-corrected chi connectivity index (χ1v) is 11.0. The molecule has 0 atom stereocenters. The summed E-state index contributed by atoms with van der Waals surface area (Å²) in [6.45, 7) is 0. The fraction of sp³-hybridized carbons (Fsp3) is 0.111. The average molecular weight is 426 g/mol. The van der Waals surface area contributed by atoms with E-state index in [1.54, 1.807) is 12.1 Å². The second-order valence-corrected chi connectivity index (χ2v) is 8.80. The minimum absolute atomic E-state index is 0.333. The van der Waals surface area contributed by atoms with Crippen molar-refractivity contribution in [2.24, 2.45) is 0 Å². The number of benzene rings is 3. The van der Waals surface area contributed by atoms with Crippen LogP contribution in [-0.2, 0) is 23.3 Å². The molecule has 0 radical (unpaired) electrons. The molecule has 0 aliphatic carbocycles. The molecule has 27 heavy (non-hydrogen) atoms. The molecule has 0 saturated carbocycles. The van der Waals surface area contributed by atoms with Crippen LogP contribution in [0.3, 0.4) is 0 Å². The fourth-order valence-electron chi connectivity index (χ4n) is 2.34. The summed E-state index contributed by atoms with van der Waals surface area (Å²) in [6.07, 6.45) is 0. The Bertz CT molecular complexity index is 894. The van der Waals surface area contributed by atoms with Crippen molar-refractivity contribution in [3.8, 4) is 5.75 Å². The van der Waals surface area contributed by atoms with Crippen LogP contribution in [0.2, 0.25) is 0 Å². The average Bonchev–Trinajstić information content (AvgIpc) is 2.54. The molecule has 1 N–H and O–H groups in total. The molecule has 3 rings (SSSR count). The standard InChI is InChI=1S/C18H16OS.F6P/c19-17-10-8-14(9-11-17)12-20-13-16-6-3-5-15-4-1-2-7-18(15)16;1-7(2,3,4,5)6/h1-11,19H,12-13H2;/q;-1/p+1. The normalized spacial score (nSPS) is 14.0. The third kappa shape index (κ3) is 9.54. The van der Waals surface area contributed by atoms with E-state index < -0.39 is 7.81 Å². The zero-order valence-electron chi connectivity index (χ0n) is 13.9. The Labute approximate surface area is 156 Å². The topological polar surface area (TPSA) is 20.2 Å². The maximum absolute atomic E-state index is 10.7. The largest absolute Gasteiger partial charge is 0.508 e. The van der Waals surface area contributed by atoms with Gasteiger partial charge in [-0.25, -0.2) is 0 Å². The quantitative estimate of drug-likeness (QED) is 0.199. The summed E-state index contributed by atoms with van der Waals surface area (Å²) in [5, 5.41) is 11.9. The molecule has 0 saturated heterocycles. The maximum atomic E-state index is 9.87. The summed E-state index contributed by atoms with van der Waals surface area (Å²) in [5.74, 6) is 2.41. The second-order valence-electron chi connectivity index (χ2n) is 5.80. The predicted molar refractivity (Wildman–Crippen MR) is 102 cm³/mol. The van der Waals surface area contributed by atoms with Gasteiger partial charge in [0.15, 0.2) is 0 Å².